The Kier molecular flexibility index (Phi) is 11.0. The van der Waals surface area contributed by atoms with E-state index >= 15 is 0 Å². The molecule has 0 aliphatic carbocycles. The summed E-state index contributed by atoms with van der Waals surface area (Å²) >= 11 is 1.34. The molecule has 1 atom stereocenters. The Balaban J connectivity index is 1.52. The summed E-state index contributed by atoms with van der Waals surface area (Å²) in [5, 5.41) is 8.04. The van der Waals surface area contributed by atoms with E-state index in [-0.39, 0.29) is 11.6 Å². The number of hydrogen-bond donors (Lipinski definition) is 3. The fraction of sp³-hybridized carbons (Fsp3) is 0.147. The first-order valence-electron chi connectivity index (χ1n) is 13.6. The van der Waals surface area contributed by atoms with Gasteiger partial charge in [0, 0.05) is 16.1 Å². The van der Waals surface area contributed by atoms with Gasteiger partial charge in [0.05, 0.1) is 32.3 Å². The number of hydrogen-bond acceptors (Lipinski definition) is 7. The average Bonchev–Trinajstić information content (AvgIpc) is 3.05. The number of methoxy groups -OCH3 is 3. The van der Waals surface area contributed by atoms with Crippen molar-refractivity contribution in [1.29, 1.82) is 0 Å². The van der Waals surface area contributed by atoms with Crippen LogP contribution in [0.1, 0.15) is 22.8 Å². The van der Waals surface area contributed by atoms with E-state index < -0.39 is 17.1 Å². The van der Waals surface area contributed by atoms with Crippen molar-refractivity contribution in [3.63, 3.8) is 0 Å². The molecule has 4 rings (SSSR count). The van der Waals surface area contributed by atoms with E-state index in [0.717, 1.165) is 4.90 Å². The molecule has 0 aliphatic heterocycles. The summed E-state index contributed by atoms with van der Waals surface area (Å²) in [7, 11) is 4.60. The maximum Gasteiger partial charge on any atom is 0.272 e. The minimum Gasteiger partial charge on any atom is -0.495 e. The van der Waals surface area contributed by atoms with E-state index in [1.165, 1.54) is 26.0 Å². The molecule has 4 aromatic rings. The lowest BCUT2D eigenvalue weighted by Gasteiger charge is -2.15. The monoisotopic (exact) mass is 611 g/mol. The standard InChI is InChI=1S/C34H33N3O6S/c1-22(32(38)36-27-15-8-9-16-29(27)41-2)44-26-14-10-13-25(21-26)35-34(40)28(37-33(39)24-11-6-5-7-12-24)19-23-17-18-30(42-3)31(20-23)43-4/h5-22H,1-4H3,(H,35,40)(H,36,38)(H,37,39)/b28-19+. The van der Waals surface area contributed by atoms with Gasteiger partial charge in [-0.05, 0) is 73.2 Å². The van der Waals surface area contributed by atoms with Crippen LogP contribution in [0, 0.1) is 0 Å². The van der Waals surface area contributed by atoms with E-state index in [0.29, 0.717) is 39.8 Å². The molecule has 0 saturated carbocycles. The summed E-state index contributed by atoms with van der Waals surface area (Å²) in [6.45, 7) is 1.80. The highest BCUT2D eigenvalue weighted by Crippen LogP contribution is 2.30. The first-order valence-corrected chi connectivity index (χ1v) is 14.5. The zero-order valence-corrected chi connectivity index (χ0v) is 25.6. The zero-order valence-electron chi connectivity index (χ0n) is 24.8. The highest BCUT2D eigenvalue weighted by molar-refractivity contribution is 8.00. The predicted molar refractivity (Wildman–Crippen MR) is 173 cm³/mol. The normalized spacial score (nSPS) is 11.6. The van der Waals surface area contributed by atoms with Gasteiger partial charge in [-0.3, -0.25) is 14.4 Å². The Morgan fingerprint density at radius 1 is 0.727 bits per heavy atom. The summed E-state index contributed by atoms with van der Waals surface area (Å²) in [6, 6.07) is 28.1. The Labute approximate surface area is 260 Å². The van der Waals surface area contributed by atoms with Crippen LogP contribution in [0.5, 0.6) is 17.2 Å². The molecule has 226 valence electrons. The van der Waals surface area contributed by atoms with Gasteiger partial charge < -0.3 is 30.2 Å². The molecule has 0 heterocycles. The molecule has 3 amide bonds. The van der Waals surface area contributed by atoms with Crippen molar-refractivity contribution in [2.24, 2.45) is 0 Å². The number of rotatable bonds is 12. The molecule has 4 aromatic carbocycles. The van der Waals surface area contributed by atoms with Crippen LogP contribution in [0.25, 0.3) is 6.08 Å². The number of anilines is 2. The van der Waals surface area contributed by atoms with Crippen LogP contribution in [0.15, 0.2) is 108 Å². The zero-order chi connectivity index (χ0) is 31.5. The molecule has 0 saturated heterocycles. The van der Waals surface area contributed by atoms with Gasteiger partial charge in [-0.25, -0.2) is 0 Å². The van der Waals surface area contributed by atoms with Gasteiger partial charge in [0.2, 0.25) is 5.91 Å². The summed E-state index contributed by atoms with van der Waals surface area (Å²) < 4.78 is 16.0. The molecule has 10 heteroatoms. The maximum atomic E-state index is 13.5. The van der Waals surface area contributed by atoms with Crippen LogP contribution in [-0.4, -0.2) is 44.3 Å². The molecular formula is C34H33N3O6S. The highest BCUT2D eigenvalue weighted by atomic mass is 32.2. The number of carbonyl (C=O) groups excluding carboxylic acids is 3. The molecule has 0 aliphatic rings. The first kappa shape index (κ1) is 31.7. The van der Waals surface area contributed by atoms with Gasteiger partial charge in [-0.1, -0.05) is 42.5 Å². The molecule has 0 aromatic heterocycles. The van der Waals surface area contributed by atoms with Crippen LogP contribution >= 0.6 is 11.8 Å². The summed E-state index contributed by atoms with van der Waals surface area (Å²) in [4.78, 5) is 40.2. The van der Waals surface area contributed by atoms with Crippen molar-refractivity contribution in [2.45, 2.75) is 17.1 Å². The molecular weight excluding hydrogens is 578 g/mol. The van der Waals surface area contributed by atoms with Crippen LogP contribution in [-0.2, 0) is 9.59 Å². The summed E-state index contributed by atoms with van der Waals surface area (Å²) in [5.74, 6) is 0.407. The van der Waals surface area contributed by atoms with E-state index in [1.54, 1.807) is 99.0 Å². The van der Waals surface area contributed by atoms with E-state index in [1.807, 2.05) is 18.2 Å². The Bertz CT molecular complexity index is 1660. The number of thioether (sulfide) groups is 1. The third kappa shape index (κ3) is 8.42. The second-order valence-corrected chi connectivity index (χ2v) is 10.8. The molecule has 0 bridgehead atoms. The van der Waals surface area contributed by atoms with Crippen LogP contribution in [0.2, 0.25) is 0 Å². The quantitative estimate of drug-likeness (QED) is 0.128. The van der Waals surface area contributed by atoms with Gasteiger partial charge >= 0.3 is 0 Å². The summed E-state index contributed by atoms with van der Waals surface area (Å²) in [6.07, 6.45) is 1.56. The number of nitrogens with one attached hydrogen (secondary N) is 3. The average molecular weight is 612 g/mol. The van der Waals surface area contributed by atoms with Crippen molar-refractivity contribution in [2.75, 3.05) is 32.0 Å². The largest absolute Gasteiger partial charge is 0.495 e. The number of ether oxygens (including phenoxy) is 3. The number of carbonyl (C=O) groups is 3. The number of para-hydroxylation sites is 2. The minimum atomic E-state index is -0.534. The van der Waals surface area contributed by atoms with Crippen LogP contribution < -0.4 is 30.2 Å². The van der Waals surface area contributed by atoms with Crippen LogP contribution in [0.4, 0.5) is 11.4 Å². The van der Waals surface area contributed by atoms with Gasteiger partial charge in [-0.15, -0.1) is 11.8 Å². The van der Waals surface area contributed by atoms with Crippen molar-refractivity contribution >= 4 is 46.9 Å². The maximum absolute atomic E-state index is 13.5. The van der Waals surface area contributed by atoms with Gasteiger partial charge in [0.25, 0.3) is 11.8 Å². The fourth-order valence-corrected chi connectivity index (χ4v) is 5.06. The molecule has 1 unspecified atom stereocenters. The van der Waals surface area contributed by atoms with E-state index in [4.69, 9.17) is 14.2 Å². The van der Waals surface area contributed by atoms with Crippen molar-refractivity contribution < 1.29 is 28.6 Å². The van der Waals surface area contributed by atoms with E-state index in [2.05, 4.69) is 16.0 Å². The number of benzene rings is 4. The third-order valence-corrected chi connectivity index (χ3v) is 7.48. The fourth-order valence-electron chi connectivity index (χ4n) is 4.14. The second-order valence-electron chi connectivity index (χ2n) is 9.42. The Hall–Kier alpha value is -5.22. The lowest BCUT2D eigenvalue weighted by molar-refractivity contribution is -0.115. The predicted octanol–water partition coefficient (Wildman–Crippen LogP) is 6.24. The number of amides is 3. The molecule has 9 nitrogen and oxygen atoms in total. The van der Waals surface area contributed by atoms with Crippen molar-refractivity contribution in [3.05, 3.63) is 114 Å². The molecule has 0 spiro atoms. The minimum absolute atomic E-state index is 0.0219. The Morgan fingerprint density at radius 3 is 2.16 bits per heavy atom. The lowest BCUT2D eigenvalue weighted by Crippen LogP contribution is -2.30. The van der Waals surface area contributed by atoms with Crippen molar-refractivity contribution in [3.8, 4) is 17.2 Å². The summed E-state index contributed by atoms with van der Waals surface area (Å²) in [5.41, 5.74) is 2.11. The van der Waals surface area contributed by atoms with Gasteiger partial charge in [-0.2, -0.15) is 0 Å². The highest BCUT2D eigenvalue weighted by Gasteiger charge is 2.18. The van der Waals surface area contributed by atoms with Crippen molar-refractivity contribution in [1.82, 2.24) is 5.32 Å². The van der Waals surface area contributed by atoms with E-state index in [9.17, 15) is 14.4 Å². The first-order chi connectivity index (χ1) is 21.3. The second kappa shape index (κ2) is 15.3. The Morgan fingerprint density at radius 2 is 1.43 bits per heavy atom. The molecule has 44 heavy (non-hydrogen) atoms. The third-order valence-electron chi connectivity index (χ3n) is 6.39. The topological polar surface area (TPSA) is 115 Å². The SMILES string of the molecule is COc1ccccc1NC(=O)C(C)Sc1cccc(NC(=O)/C(=C\c2ccc(OC)c(OC)c2)NC(=O)c2ccccc2)c1. The molecule has 3 N–H and O–H groups in total. The lowest BCUT2D eigenvalue weighted by atomic mass is 10.1. The smallest absolute Gasteiger partial charge is 0.272 e. The van der Waals surface area contributed by atoms with Crippen LogP contribution in [0.3, 0.4) is 0 Å². The van der Waals surface area contributed by atoms with Gasteiger partial charge in [0.1, 0.15) is 11.4 Å². The van der Waals surface area contributed by atoms with Gasteiger partial charge in [0.15, 0.2) is 11.5 Å². The molecule has 0 fully saturated rings. The molecule has 0 radical (unpaired) electrons.